The molecule has 2 nitrogen and oxygen atoms in total. The average Bonchev–Trinajstić information content (AvgIpc) is 2.47. The standard InChI is InChI=1S/C19H28N2/c1-4-5-6-11-19(2,3)15-21-14-17-9-7-8-16-13-20-12-10-18(16)17/h7-10,12-13,21H,4-6,11,14-15H2,1-3H3. The lowest BCUT2D eigenvalue weighted by molar-refractivity contribution is 0.302. The van der Waals surface area contributed by atoms with Gasteiger partial charge in [0.25, 0.3) is 0 Å². The van der Waals surface area contributed by atoms with Crippen LogP contribution in [0.2, 0.25) is 0 Å². The fourth-order valence-electron chi connectivity index (χ4n) is 2.82. The van der Waals surface area contributed by atoms with E-state index in [1.165, 1.54) is 42.0 Å². The Bertz CT molecular complexity index is 555. The summed E-state index contributed by atoms with van der Waals surface area (Å²) in [7, 11) is 0. The second-order valence-corrected chi connectivity index (χ2v) is 6.74. The van der Waals surface area contributed by atoms with E-state index in [1.807, 2.05) is 12.4 Å². The van der Waals surface area contributed by atoms with Crippen LogP contribution in [0.4, 0.5) is 0 Å². The van der Waals surface area contributed by atoms with Crippen molar-refractivity contribution in [3.63, 3.8) is 0 Å². The van der Waals surface area contributed by atoms with Crippen molar-refractivity contribution in [1.82, 2.24) is 10.3 Å². The summed E-state index contributed by atoms with van der Waals surface area (Å²) >= 11 is 0. The lowest BCUT2D eigenvalue weighted by Crippen LogP contribution is -2.29. The Morgan fingerprint density at radius 1 is 1.14 bits per heavy atom. The topological polar surface area (TPSA) is 24.9 Å². The third-order valence-corrected chi connectivity index (χ3v) is 4.15. The van der Waals surface area contributed by atoms with Crippen molar-refractivity contribution in [1.29, 1.82) is 0 Å². The molecular formula is C19H28N2. The zero-order valence-electron chi connectivity index (χ0n) is 13.7. The third kappa shape index (κ3) is 4.82. The van der Waals surface area contributed by atoms with Gasteiger partial charge in [-0.3, -0.25) is 4.98 Å². The van der Waals surface area contributed by atoms with Gasteiger partial charge in [-0.05, 0) is 28.9 Å². The fourth-order valence-corrected chi connectivity index (χ4v) is 2.82. The number of aromatic nitrogens is 1. The van der Waals surface area contributed by atoms with E-state index in [1.54, 1.807) is 0 Å². The maximum Gasteiger partial charge on any atom is 0.0346 e. The van der Waals surface area contributed by atoms with Crippen LogP contribution in [0.5, 0.6) is 0 Å². The molecular weight excluding hydrogens is 256 g/mol. The summed E-state index contributed by atoms with van der Waals surface area (Å²) in [5, 5.41) is 6.17. The van der Waals surface area contributed by atoms with Crippen molar-refractivity contribution in [3.05, 3.63) is 42.2 Å². The highest BCUT2D eigenvalue weighted by Gasteiger charge is 2.16. The van der Waals surface area contributed by atoms with E-state index in [-0.39, 0.29) is 0 Å². The van der Waals surface area contributed by atoms with Gasteiger partial charge in [0.05, 0.1) is 0 Å². The maximum atomic E-state index is 4.19. The summed E-state index contributed by atoms with van der Waals surface area (Å²) in [6, 6.07) is 8.56. The smallest absolute Gasteiger partial charge is 0.0346 e. The number of unbranched alkanes of at least 4 members (excludes halogenated alkanes) is 2. The van der Waals surface area contributed by atoms with E-state index in [2.05, 4.69) is 55.3 Å². The highest BCUT2D eigenvalue weighted by atomic mass is 14.9. The number of nitrogens with zero attached hydrogens (tertiary/aromatic N) is 1. The number of pyridine rings is 1. The normalized spacial score (nSPS) is 12.0. The second-order valence-electron chi connectivity index (χ2n) is 6.74. The van der Waals surface area contributed by atoms with Gasteiger partial charge >= 0.3 is 0 Å². The molecule has 1 aromatic carbocycles. The van der Waals surface area contributed by atoms with Crippen LogP contribution in [0, 0.1) is 5.41 Å². The quantitative estimate of drug-likeness (QED) is 0.695. The van der Waals surface area contributed by atoms with Gasteiger partial charge in [-0.25, -0.2) is 0 Å². The summed E-state index contributed by atoms with van der Waals surface area (Å²) in [4.78, 5) is 4.19. The molecule has 2 aromatic rings. The third-order valence-electron chi connectivity index (χ3n) is 4.15. The molecule has 0 aliphatic rings. The first-order chi connectivity index (χ1) is 10.1. The molecule has 2 rings (SSSR count). The Morgan fingerprint density at radius 3 is 2.81 bits per heavy atom. The second kappa shape index (κ2) is 7.56. The molecule has 0 aliphatic heterocycles. The summed E-state index contributed by atoms with van der Waals surface area (Å²) in [6.45, 7) is 8.99. The molecule has 0 bridgehead atoms. The van der Waals surface area contributed by atoms with Gasteiger partial charge in [-0.15, -0.1) is 0 Å². The predicted molar refractivity (Wildman–Crippen MR) is 91.4 cm³/mol. The molecule has 1 aromatic heterocycles. The molecule has 0 amide bonds. The Labute approximate surface area is 129 Å². The van der Waals surface area contributed by atoms with Gasteiger partial charge in [0.2, 0.25) is 0 Å². The SMILES string of the molecule is CCCCCC(C)(C)CNCc1cccc2cnccc12. The Morgan fingerprint density at radius 2 is 2.00 bits per heavy atom. The molecule has 0 saturated heterocycles. The molecule has 0 saturated carbocycles. The number of nitrogens with one attached hydrogen (secondary N) is 1. The van der Waals surface area contributed by atoms with Gasteiger partial charge in [-0.2, -0.15) is 0 Å². The van der Waals surface area contributed by atoms with E-state index < -0.39 is 0 Å². The Balaban J connectivity index is 1.90. The predicted octanol–water partition coefficient (Wildman–Crippen LogP) is 4.93. The van der Waals surface area contributed by atoms with Gasteiger partial charge in [0.1, 0.15) is 0 Å². The molecule has 2 heteroatoms. The average molecular weight is 284 g/mol. The van der Waals surface area contributed by atoms with Gasteiger partial charge in [0, 0.05) is 30.9 Å². The van der Waals surface area contributed by atoms with Crippen molar-refractivity contribution in [2.75, 3.05) is 6.54 Å². The molecule has 0 radical (unpaired) electrons. The molecule has 21 heavy (non-hydrogen) atoms. The van der Waals surface area contributed by atoms with E-state index >= 15 is 0 Å². The first-order valence-corrected chi connectivity index (χ1v) is 8.15. The summed E-state index contributed by atoms with van der Waals surface area (Å²) < 4.78 is 0. The first kappa shape index (κ1) is 16.0. The first-order valence-electron chi connectivity index (χ1n) is 8.15. The van der Waals surface area contributed by atoms with Crippen molar-refractivity contribution in [2.45, 2.75) is 53.0 Å². The maximum absolute atomic E-state index is 4.19. The number of benzene rings is 1. The van der Waals surface area contributed by atoms with Crippen LogP contribution in [0.25, 0.3) is 10.8 Å². The molecule has 0 aliphatic carbocycles. The van der Waals surface area contributed by atoms with Gasteiger partial charge < -0.3 is 5.32 Å². The summed E-state index contributed by atoms with van der Waals surface area (Å²) in [5.41, 5.74) is 1.74. The number of hydrogen-bond acceptors (Lipinski definition) is 2. The zero-order chi connectivity index (χ0) is 15.1. The molecule has 1 heterocycles. The largest absolute Gasteiger partial charge is 0.312 e. The van der Waals surface area contributed by atoms with Crippen molar-refractivity contribution in [3.8, 4) is 0 Å². The number of rotatable bonds is 8. The van der Waals surface area contributed by atoms with E-state index in [0.717, 1.165) is 13.1 Å². The van der Waals surface area contributed by atoms with Crippen LogP contribution < -0.4 is 5.32 Å². The summed E-state index contributed by atoms with van der Waals surface area (Å²) in [5.74, 6) is 0. The van der Waals surface area contributed by atoms with Crippen LogP contribution in [0.15, 0.2) is 36.7 Å². The summed E-state index contributed by atoms with van der Waals surface area (Å²) in [6.07, 6.45) is 9.10. The lowest BCUT2D eigenvalue weighted by atomic mass is 9.87. The van der Waals surface area contributed by atoms with E-state index in [4.69, 9.17) is 0 Å². The van der Waals surface area contributed by atoms with Crippen molar-refractivity contribution >= 4 is 10.8 Å². The molecule has 0 fully saturated rings. The van der Waals surface area contributed by atoms with Gasteiger partial charge in [-0.1, -0.05) is 58.2 Å². The van der Waals surface area contributed by atoms with Crippen molar-refractivity contribution in [2.24, 2.45) is 5.41 Å². The molecule has 0 spiro atoms. The molecule has 0 atom stereocenters. The number of fused-ring (bicyclic) bond motifs is 1. The lowest BCUT2D eigenvalue weighted by Gasteiger charge is -2.25. The Kier molecular flexibility index (Phi) is 5.75. The fraction of sp³-hybridized carbons (Fsp3) is 0.526. The highest BCUT2D eigenvalue weighted by Crippen LogP contribution is 2.23. The minimum absolute atomic E-state index is 0.376. The van der Waals surface area contributed by atoms with Crippen molar-refractivity contribution < 1.29 is 0 Å². The van der Waals surface area contributed by atoms with E-state index in [0.29, 0.717) is 5.41 Å². The van der Waals surface area contributed by atoms with Crippen LogP contribution >= 0.6 is 0 Å². The monoisotopic (exact) mass is 284 g/mol. The molecule has 0 unspecified atom stereocenters. The Hall–Kier alpha value is -1.41. The van der Waals surface area contributed by atoms with Crippen LogP contribution in [-0.2, 0) is 6.54 Å². The van der Waals surface area contributed by atoms with E-state index in [9.17, 15) is 0 Å². The minimum atomic E-state index is 0.376. The van der Waals surface area contributed by atoms with Gasteiger partial charge in [0.15, 0.2) is 0 Å². The molecule has 1 N–H and O–H groups in total. The highest BCUT2D eigenvalue weighted by molar-refractivity contribution is 5.84. The number of hydrogen-bond donors (Lipinski definition) is 1. The van der Waals surface area contributed by atoms with Crippen LogP contribution in [-0.4, -0.2) is 11.5 Å². The molecule has 114 valence electrons. The zero-order valence-corrected chi connectivity index (χ0v) is 13.7. The minimum Gasteiger partial charge on any atom is -0.312 e. The van der Waals surface area contributed by atoms with Crippen LogP contribution in [0.3, 0.4) is 0 Å². The van der Waals surface area contributed by atoms with Crippen LogP contribution in [0.1, 0.15) is 52.0 Å².